The number of halogens is 3. The van der Waals surface area contributed by atoms with Crippen molar-refractivity contribution in [1.29, 1.82) is 0 Å². The van der Waals surface area contributed by atoms with Crippen LogP contribution in [0.15, 0.2) is 0 Å². The second kappa shape index (κ2) is 5.92. The van der Waals surface area contributed by atoms with Gasteiger partial charge in [0.25, 0.3) is 0 Å². The highest BCUT2D eigenvalue weighted by Crippen LogP contribution is 2.41. The van der Waals surface area contributed by atoms with Crippen molar-refractivity contribution in [3.63, 3.8) is 0 Å². The molecule has 2 saturated heterocycles. The summed E-state index contributed by atoms with van der Waals surface area (Å²) in [5.74, 6) is 0.196. The van der Waals surface area contributed by atoms with E-state index in [9.17, 15) is 18.0 Å². The van der Waals surface area contributed by atoms with Crippen molar-refractivity contribution >= 4 is 5.91 Å². The van der Waals surface area contributed by atoms with Gasteiger partial charge in [0.05, 0.1) is 6.42 Å². The van der Waals surface area contributed by atoms with Crippen LogP contribution in [0, 0.1) is 5.41 Å². The summed E-state index contributed by atoms with van der Waals surface area (Å²) in [5, 5.41) is 0. The van der Waals surface area contributed by atoms with Gasteiger partial charge in [-0.25, -0.2) is 0 Å². The van der Waals surface area contributed by atoms with Crippen molar-refractivity contribution in [3.05, 3.63) is 0 Å². The molecule has 2 rings (SSSR count). The third kappa shape index (κ3) is 4.11. The number of hydrogen-bond acceptors (Lipinski definition) is 2. The Morgan fingerprint density at radius 3 is 2.30 bits per heavy atom. The van der Waals surface area contributed by atoms with E-state index in [-0.39, 0.29) is 17.9 Å². The summed E-state index contributed by atoms with van der Waals surface area (Å²) in [7, 11) is 1.83. The molecule has 2 fully saturated rings. The van der Waals surface area contributed by atoms with Gasteiger partial charge in [0.2, 0.25) is 5.91 Å². The largest absolute Gasteiger partial charge is 0.390 e. The molecule has 1 amide bonds. The number of piperidine rings is 1. The lowest BCUT2D eigenvalue weighted by Crippen LogP contribution is -2.41. The van der Waals surface area contributed by atoms with E-state index in [4.69, 9.17) is 0 Å². The van der Waals surface area contributed by atoms with Crippen molar-refractivity contribution in [2.24, 2.45) is 5.41 Å². The Morgan fingerprint density at radius 2 is 1.70 bits per heavy atom. The van der Waals surface area contributed by atoms with Crippen LogP contribution in [-0.2, 0) is 4.79 Å². The summed E-state index contributed by atoms with van der Waals surface area (Å²) in [5.41, 5.74) is 0.176. The third-order valence-corrected chi connectivity index (χ3v) is 4.90. The van der Waals surface area contributed by atoms with Gasteiger partial charge in [-0.15, -0.1) is 0 Å². The SMILES string of the molecule is CN1CCC2(CCC1=O)CCN(CCC(F)(F)F)CC2. The zero-order valence-corrected chi connectivity index (χ0v) is 12.0. The van der Waals surface area contributed by atoms with Gasteiger partial charge in [-0.1, -0.05) is 0 Å². The van der Waals surface area contributed by atoms with Gasteiger partial charge in [0.1, 0.15) is 0 Å². The molecule has 0 N–H and O–H groups in total. The maximum absolute atomic E-state index is 12.2. The van der Waals surface area contributed by atoms with Gasteiger partial charge in [0, 0.05) is 26.6 Å². The Kier molecular flexibility index (Phi) is 4.62. The number of likely N-dealkylation sites (tertiary alicyclic amines) is 2. The Balaban J connectivity index is 1.82. The molecule has 2 heterocycles. The fourth-order valence-corrected chi connectivity index (χ4v) is 3.25. The molecule has 0 radical (unpaired) electrons. The highest BCUT2D eigenvalue weighted by atomic mass is 19.4. The van der Waals surface area contributed by atoms with Crippen LogP contribution >= 0.6 is 0 Å². The highest BCUT2D eigenvalue weighted by Gasteiger charge is 2.38. The van der Waals surface area contributed by atoms with E-state index < -0.39 is 12.6 Å². The lowest BCUT2D eigenvalue weighted by Gasteiger charge is -2.41. The van der Waals surface area contributed by atoms with Crippen molar-refractivity contribution in [1.82, 2.24) is 9.80 Å². The first-order valence-corrected chi connectivity index (χ1v) is 7.33. The fourth-order valence-electron chi connectivity index (χ4n) is 3.25. The number of alkyl halides is 3. The van der Waals surface area contributed by atoms with E-state index in [0.29, 0.717) is 6.42 Å². The molecular formula is C14H23F3N2O. The molecule has 1 spiro atoms. The maximum Gasteiger partial charge on any atom is 0.390 e. The van der Waals surface area contributed by atoms with Crippen LogP contribution in [0.1, 0.15) is 38.5 Å². The molecule has 6 heteroatoms. The van der Waals surface area contributed by atoms with Crippen molar-refractivity contribution in [2.75, 3.05) is 33.2 Å². The van der Waals surface area contributed by atoms with Crippen molar-refractivity contribution in [3.8, 4) is 0 Å². The average molecular weight is 292 g/mol. The minimum atomic E-state index is -4.06. The monoisotopic (exact) mass is 292 g/mol. The van der Waals surface area contributed by atoms with Gasteiger partial charge >= 0.3 is 6.18 Å². The van der Waals surface area contributed by atoms with Gasteiger partial charge in [-0.3, -0.25) is 4.79 Å². The van der Waals surface area contributed by atoms with Crippen LogP contribution in [0.3, 0.4) is 0 Å². The molecule has 0 aromatic rings. The smallest absolute Gasteiger partial charge is 0.346 e. The highest BCUT2D eigenvalue weighted by molar-refractivity contribution is 5.76. The van der Waals surface area contributed by atoms with E-state index >= 15 is 0 Å². The molecule has 3 nitrogen and oxygen atoms in total. The Morgan fingerprint density at radius 1 is 1.10 bits per heavy atom. The summed E-state index contributed by atoms with van der Waals surface area (Å²) in [6, 6.07) is 0. The molecule has 0 aromatic heterocycles. The maximum atomic E-state index is 12.2. The topological polar surface area (TPSA) is 23.6 Å². The van der Waals surface area contributed by atoms with Gasteiger partial charge in [0.15, 0.2) is 0 Å². The van der Waals surface area contributed by atoms with Gasteiger partial charge < -0.3 is 9.80 Å². The molecule has 0 bridgehead atoms. The summed E-state index contributed by atoms with van der Waals surface area (Å²) >= 11 is 0. The summed E-state index contributed by atoms with van der Waals surface area (Å²) in [4.78, 5) is 15.4. The minimum absolute atomic E-state index is 0.110. The number of rotatable bonds is 2. The predicted octanol–water partition coefficient (Wildman–Crippen LogP) is 2.66. The zero-order chi connectivity index (χ0) is 14.8. The molecule has 0 saturated carbocycles. The quantitative estimate of drug-likeness (QED) is 0.781. The van der Waals surface area contributed by atoms with Crippen LogP contribution in [0.25, 0.3) is 0 Å². The second-order valence-corrected chi connectivity index (χ2v) is 6.27. The summed E-state index contributed by atoms with van der Waals surface area (Å²) in [6.45, 7) is 2.35. The number of carbonyl (C=O) groups excluding carboxylic acids is 1. The lowest BCUT2D eigenvalue weighted by atomic mass is 9.73. The zero-order valence-electron chi connectivity index (χ0n) is 12.0. The summed E-state index contributed by atoms with van der Waals surface area (Å²) in [6.07, 6.45) is -0.476. The molecule has 0 aliphatic carbocycles. The standard InChI is InChI=1S/C14H23F3N2O/c1-18-8-4-13(3-2-12(18)20)5-9-19(10-6-13)11-7-14(15,16)17/h2-11H2,1H3. The van der Waals surface area contributed by atoms with E-state index in [2.05, 4.69) is 0 Å². The number of carbonyl (C=O) groups is 1. The molecule has 2 aliphatic rings. The number of amides is 1. The Bertz CT molecular complexity index is 349. The van der Waals surface area contributed by atoms with E-state index in [0.717, 1.165) is 45.3 Å². The molecule has 116 valence electrons. The molecule has 2 aliphatic heterocycles. The third-order valence-electron chi connectivity index (χ3n) is 4.90. The Labute approximate surface area is 118 Å². The van der Waals surface area contributed by atoms with E-state index in [1.807, 2.05) is 11.9 Å². The van der Waals surface area contributed by atoms with Crippen LogP contribution < -0.4 is 0 Å². The fraction of sp³-hybridized carbons (Fsp3) is 0.929. The first-order valence-electron chi connectivity index (χ1n) is 7.33. The van der Waals surface area contributed by atoms with E-state index in [1.165, 1.54) is 0 Å². The number of nitrogens with zero attached hydrogens (tertiary/aromatic N) is 2. The van der Waals surface area contributed by atoms with Crippen LogP contribution in [0.4, 0.5) is 13.2 Å². The minimum Gasteiger partial charge on any atom is -0.346 e. The van der Waals surface area contributed by atoms with Crippen molar-refractivity contribution in [2.45, 2.75) is 44.7 Å². The van der Waals surface area contributed by atoms with Crippen LogP contribution in [-0.4, -0.2) is 55.1 Å². The predicted molar refractivity (Wildman–Crippen MR) is 70.3 cm³/mol. The molecule has 0 atom stereocenters. The summed E-state index contributed by atoms with van der Waals surface area (Å²) < 4.78 is 36.7. The molecule has 0 unspecified atom stereocenters. The van der Waals surface area contributed by atoms with Gasteiger partial charge in [-0.05, 0) is 44.2 Å². The van der Waals surface area contributed by atoms with Crippen LogP contribution in [0.2, 0.25) is 0 Å². The lowest BCUT2D eigenvalue weighted by molar-refractivity contribution is -0.139. The molecule has 0 aromatic carbocycles. The molecular weight excluding hydrogens is 269 g/mol. The molecule has 20 heavy (non-hydrogen) atoms. The van der Waals surface area contributed by atoms with E-state index in [1.54, 1.807) is 4.90 Å². The first-order chi connectivity index (χ1) is 9.30. The normalized spacial score (nSPS) is 25.0. The second-order valence-electron chi connectivity index (χ2n) is 6.27. The number of hydrogen-bond donors (Lipinski definition) is 0. The van der Waals surface area contributed by atoms with Gasteiger partial charge in [-0.2, -0.15) is 13.2 Å². The average Bonchev–Trinajstić information content (AvgIpc) is 2.52. The van der Waals surface area contributed by atoms with Crippen molar-refractivity contribution < 1.29 is 18.0 Å². The van der Waals surface area contributed by atoms with Crippen LogP contribution in [0.5, 0.6) is 0 Å². The Hall–Kier alpha value is -0.780. The first kappa shape index (κ1) is 15.6.